The summed E-state index contributed by atoms with van der Waals surface area (Å²) in [5, 5.41) is 14.5. The van der Waals surface area contributed by atoms with Crippen LogP contribution < -0.4 is 5.73 Å². The molecule has 0 aliphatic heterocycles. The SMILES string of the molecule is Cc1n[nH]c(C)c1-c1ccc2c(c1)CCC(COC(=N)N)C2. The van der Waals surface area contributed by atoms with Gasteiger partial charge in [-0.25, -0.2) is 0 Å². The summed E-state index contributed by atoms with van der Waals surface area (Å²) < 4.78 is 5.16. The molecule has 1 aromatic carbocycles. The Bertz CT molecular complexity index is 685. The topological polar surface area (TPSA) is 87.8 Å². The summed E-state index contributed by atoms with van der Waals surface area (Å²) in [6.07, 6.45) is 3.12. The standard InChI is InChI=1S/C17H22N4O/c1-10-16(11(2)21-20-10)15-6-5-13-7-12(9-22-17(18)19)3-4-14(13)8-15/h5-6,8,12H,3-4,7,9H2,1-2H3,(H3,18,19)(H,20,21). The molecule has 1 atom stereocenters. The number of hydrogen-bond donors (Lipinski definition) is 3. The molecule has 1 aromatic heterocycles. The van der Waals surface area contributed by atoms with Crippen LogP contribution in [0.1, 0.15) is 28.9 Å². The van der Waals surface area contributed by atoms with E-state index in [4.69, 9.17) is 15.9 Å². The first-order valence-electron chi connectivity index (χ1n) is 7.65. The molecule has 5 nitrogen and oxygen atoms in total. The van der Waals surface area contributed by atoms with Gasteiger partial charge in [0, 0.05) is 11.3 Å². The number of ether oxygens (including phenoxy) is 1. The molecule has 0 fully saturated rings. The van der Waals surface area contributed by atoms with E-state index >= 15 is 0 Å². The Morgan fingerprint density at radius 3 is 2.91 bits per heavy atom. The van der Waals surface area contributed by atoms with Gasteiger partial charge in [0.15, 0.2) is 0 Å². The number of H-pyrrole nitrogens is 1. The third-order valence-corrected chi connectivity index (χ3v) is 4.43. The average Bonchev–Trinajstić information content (AvgIpc) is 2.83. The van der Waals surface area contributed by atoms with Gasteiger partial charge in [0.2, 0.25) is 0 Å². The predicted octanol–water partition coefficient (Wildman–Crippen LogP) is 2.71. The van der Waals surface area contributed by atoms with Crippen LogP contribution in [0.15, 0.2) is 18.2 Å². The van der Waals surface area contributed by atoms with Gasteiger partial charge in [-0.3, -0.25) is 10.5 Å². The Morgan fingerprint density at radius 1 is 1.41 bits per heavy atom. The van der Waals surface area contributed by atoms with Crippen molar-refractivity contribution in [1.82, 2.24) is 10.2 Å². The van der Waals surface area contributed by atoms with E-state index < -0.39 is 0 Å². The van der Waals surface area contributed by atoms with Crippen LogP contribution in [0.4, 0.5) is 0 Å². The van der Waals surface area contributed by atoms with E-state index in [9.17, 15) is 0 Å². The average molecular weight is 298 g/mol. The Balaban J connectivity index is 1.80. The van der Waals surface area contributed by atoms with Gasteiger partial charge in [0.05, 0.1) is 12.3 Å². The highest BCUT2D eigenvalue weighted by molar-refractivity contribution is 5.69. The zero-order chi connectivity index (χ0) is 15.7. The lowest BCUT2D eigenvalue weighted by Crippen LogP contribution is -2.23. The third-order valence-electron chi connectivity index (χ3n) is 4.43. The van der Waals surface area contributed by atoms with Crippen molar-refractivity contribution < 1.29 is 4.74 Å². The Kier molecular flexibility index (Phi) is 3.88. The van der Waals surface area contributed by atoms with Gasteiger partial charge in [0.1, 0.15) is 0 Å². The van der Waals surface area contributed by atoms with Crippen molar-refractivity contribution in [3.63, 3.8) is 0 Å². The van der Waals surface area contributed by atoms with Crippen LogP contribution in [0.25, 0.3) is 11.1 Å². The maximum Gasteiger partial charge on any atom is 0.279 e. The van der Waals surface area contributed by atoms with Gasteiger partial charge >= 0.3 is 0 Å². The van der Waals surface area contributed by atoms with Crippen molar-refractivity contribution in [2.24, 2.45) is 11.7 Å². The van der Waals surface area contributed by atoms with Crippen LogP contribution in [-0.2, 0) is 17.6 Å². The van der Waals surface area contributed by atoms with Crippen molar-refractivity contribution in [3.8, 4) is 11.1 Å². The smallest absolute Gasteiger partial charge is 0.279 e. The first-order valence-corrected chi connectivity index (χ1v) is 7.65. The van der Waals surface area contributed by atoms with Crippen LogP contribution in [0.2, 0.25) is 0 Å². The lowest BCUT2D eigenvalue weighted by atomic mass is 9.83. The number of amidine groups is 1. The molecule has 0 spiro atoms. The third kappa shape index (κ3) is 2.84. The quantitative estimate of drug-likeness (QED) is 0.601. The Morgan fingerprint density at radius 2 is 2.23 bits per heavy atom. The minimum atomic E-state index is -0.188. The van der Waals surface area contributed by atoms with Crippen LogP contribution in [0.5, 0.6) is 0 Å². The number of fused-ring (bicyclic) bond motifs is 1. The van der Waals surface area contributed by atoms with Crippen molar-refractivity contribution in [1.29, 1.82) is 5.41 Å². The summed E-state index contributed by atoms with van der Waals surface area (Å²) in [7, 11) is 0. The summed E-state index contributed by atoms with van der Waals surface area (Å²) in [6, 6.07) is 6.50. The van der Waals surface area contributed by atoms with Gasteiger partial charge in [-0.05, 0) is 55.7 Å². The summed E-state index contributed by atoms with van der Waals surface area (Å²) in [6.45, 7) is 4.63. The second kappa shape index (κ2) is 5.83. The van der Waals surface area contributed by atoms with Crippen molar-refractivity contribution in [2.75, 3.05) is 6.61 Å². The van der Waals surface area contributed by atoms with Gasteiger partial charge in [-0.2, -0.15) is 5.10 Å². The van der Waals surface area contributed by atoms with Gasteiger partial charge in [0.25, 0.3) is 6.02 Å². The first-order chi connectivity index (χ1) is 10.5. The molecule has 1 heterocycles. The van der Waals surface area contributed by atoms with E-state index in [0.29, 0.717) is 12.5 Å². The van der Waals surface area contributed by atoms with Gasteiger partial charge in [-0.1, -0.05) is 18.2 Å². The molecule has 0 amide bonds. The minimum absolute atomic E-state index is 0.188. The monoisotopic (exact) mass is 298 g/mol. The van der Waals surface area contributed by atoms with E-state index in [1.165, 1.54) is 22.3 Å². The number of rotatable bonds is 3. The molecular weight excluding hydrogens is 276 g/mol. The summed E-state index contributed by atoms with van der Waals surface area (Å²) in [5.41, 5.74) is 12.7. The second-order valence-corrected chi connectivity index (χ2v) is 6.08. The predicted molar refractivity (Wildman–Crippen MR) is 86.9 cm³/mol. The number of nitrogens with two attached hydrogens (primary N) is 1. The van der Waals surface area contributed by atoms with Crippen molar-refractivity contribution in [3.05, 3.63) is 40.7 Å². The molecule has 2 aromatic rings. The zero-order valence-electron chi connectivity index (χ0n) is 13.1. The maximum absolute atomic E-state index is 7.15. The molecule has 116 valence electrons. The molecule has 0 bridgehead atoms. The zero-order valence-corrected chi connectivity index (χ0v) is 13.1. The first kappa shape index (κ1) is 14.6. The molecule has 0 saturated heterocycles. The van der Waals surface area contributed by atoms with E-state index in [-0.39, 0.29) is 6.02 Å². The van der Waals surface area contributed by atoms with E-state index in [0.717, 1.165) is 30.7 Å². The fourth-order valence-electron chi connectivity index (χ4n) is 3.31. The highest BCUT2D eigenvalue weighted by atomic mass is 16.5. The number of aromatic nitrogens is 2. The molecule has 1 aliphatic carbocycles. The molecule has 22 heavy (non-hydrogen) atoms. The number of nitrogens with zero attached hydrogens (tertiary/aromatic N) is 1. The van der Waals surface area contributed by atoms with Crippen LogP contribution >= 0.6 is 0 Å². The second-order valence-electron chi connectivity index (χ2n) is 6.08. The number of aryl methyl sites for hydroxylation is 3. The van der Waals surface area contributed by atoms with Crippen LogP contribution in [-0.4, -0.2) is 22.8 Å². The van der Waals surface area contributed by atoms with Gasteiger partial charge in [-0.15, -0.1) is 0 Å². The fourth-order valence-corrected chi connectivity index (χ4v) is 3.31. The molecular formula is C17H22N4O. The van der Waals surface area contributed by atoms with Crippen LogP contribution in [0.3, 0.4) is 0 Å². The maximum atomic E-state index is 7.15. The van der Waals surface area contributed by atoms with Crippen LogP contribution in [0, 0.1) is 25.2 Å². The van der Waals surface area contributed by atoms with E-state index in [1.807, 2.05) is 6.92 Å². The van der Waals surface area contributed by atoms with Crippen molar-refractivity contribution >= 4 is 6.02 Å². The number of benzene rings is 1. The highest BCUT2D eigenvalue weighted by Gasteiger charge is 2.20. The summed E-state index contributed by atoms with van der Waals surface area (Å²) in [4.78, 5) is 0. The molecule has 0 saturated carbocycles. The molecule has 0 radical (unpaired) electrons. The Labute approximate surface area is 130 Å². The molecule has 1 unspecified atom stereocenters. The van der Waals surface area contributed by atoms with Crippen molar-refractivity contribution in [2.45, 2.75) is 33.1 Å². The molecule has 3 rings (SSSR count). The number of aromatic amines is 1. The minimum Gasteiger partial charge on any atom is -0.465 e. The van der Waals surface area contributed by atoms with E-state index in [2.05, 4.69) is 35.3 Å². The lowest BCUT2D eigenvalue weighted by Gasteiger charge is -2.25. The normalized spacial score (nSPS) is 17.1. The summed E-state index contributed by atoms with van der Waals surface area (Å²) in [5.74, 6) is 0.444. The largest absolute Gasteiger partial charge is 0.465 e. The molecule has 5 heteroatoms. The van der Waals surface area contributed by atoms with E-state index in [1.54, 1.807) is 0 Å². The highest BCUT2D eigenvalue weighted by Crippen LogP contribution is 2.32. The number of hydrogen-bond acceptors (Lipinski definition) is 3. The van der Waals surface area contributed by atoms with Gasteiger partial charge < -0.3 is 10.5 Å². The molecule has 1 aliphatic rings. The number of nitrogens with one attached hydrogen (secondary N) is 2. The lowest BCUT2D eigenvalue weighted by molar-refractivity contribution is 0.218. The fraction of sp³-hybridized carbons (Fsp3) is 0.412. The summed E-state index contributed by atoms with van der Waals surface area (Å²) >= 11 is 0. The molecule has 4 N–H and O–H groups in total. The Hall–Kier alpha value is -2.30.